The molecule has 0 aliphatic rings. The summed E-state index contributed by atoms with van der Waals surface area (Å²) in [5.74, 6) is -4.93. The van der Waals surface area contributed by atoms with Crippen molar-refractivity contribution in [1.29, 1.82) is 0 Å². The molecule has 358 valence electrons. The van der Waals surface area contributed by atoms with Gasteiger partial charge in [0.15, 0.2) is 0 Å². The van der Waals surface area contributed by atoms with Crippen LogP contribution in [0.25, 0.3) is 76.8 Å². The molecule has 0 heterocycles. The van der Waals surface area contributed by atoms with Gasteiger partial charge < -0.3 is 9.80 Å². The number of benzene rings is 12. The summed E-state index contributed by atoms with van der Waals surface area (Å²) >= 11 is 0. The Morgan fingerprint density at radius 2 is 0.541 bits per heavy atom. The Balaban J connectivity index is 1.13. The molecule has 0 saturated carbocycles. The van der Waals surface area contributed by atoms with E-state index in [-0.39, 0.29) is 11.4 Å². The van der Waals surface area contributed by atoms with Crippen LogP contribution in [0.15, 0.2) is 218 Å². The smallest absolute Gasteiger partial charge is 0.147 e. The third kappa shape index (κ3) is 8.39. The summed E-state index contributed by atoms with van der Waals surface area (Å²) in [6, 6.07) is 55.4. The van der Waals surface area contributed by atoms with Crippen LogP contribution >= 0.6 is 0 Å². The lowest BCUT2D eigenvalue weighted by molar-refractivity contribution is 0.601. The Hall–Kier alpha value is -9.28. The molecule has 0 saturated heterocycles. The van der Waals surface area contributed by atoms with E-state index >= 15 is 17.6 Å². The third-order valence-electron chi connectivity index (χ3n) is 13.4. The average Bonchev–Trinajstić information content (AvgIpc) is 3.40. The maximum Gasteiger partial charge on any atom is 0.147 e. The zero-order valence-electron chi connectivity index (χ0n) is 38.7. The molecule has 0 aromatic heterocycles. The van der Waals surface area contributed by atoms with Crippen LogP contribution in [0, 0.1) is 46.5 Å². The van der Waals surface area contributed by atoms with Crippen LogP contribution in [0.3, 0.4) is 0 Å². The first-order valence-electron chi connectivity index (χ1n) is 23.5. The molecule has 12 aromatic carbocycles. The maximum atomic E-state index is 16.6. The summed E-state index contributed by atoms with van der Waals surface area (Å²) in [5.41, 5.74) is 5.18. The zero-order valence-corrected chi connectivity index (χ0v) is 38.7. The molecule has 0 spiro atoms. The normalized spacial score (nSPS) is 11.5. The second-order valence-corrected chi connectivity index (χ2v) is 18.0. The van der Waals surface area contributed by atoms with E-state index in [4.69, 9.17) is 0 Å². The number of nitrogens with zero attached hydrogens (tertiary/aromatic N) is 2. The lowest BCUT2D eigenvalue weighted by atomic mass is 9.91. The Morgan fingerprint density at radius 3 is 0.865 bits per heavy atom. The van der Waals surface area contributed by atoms with Crippen molar-refractivity contribution in [3.05, 3.63) is 265 Å². The van der Waals surface area contributed by atoms with E-state index < -0.39 is 46.5 Å². The van der Waals surface area contributed by atoms with Gasteiger partial charge in [-0.15, -0.1) is 0 Å². The largest absolute Gasteiger partial charge is 0.307 e. The Labute approximate surface area is 419 Å². The lowest BCUT2D eigenvalue weighted by Crippen LogP contribution is -2.14. The highest BCUT2D eigenvalue weighted by molar-refractivity contribution is 6.28. The Morgan fingerprint density at radius 1 is 0.230 bits per heavy atom. The minimum absolute atomic E-state index is 0.151. The quantitative estimate of drug-likeness (QED) is 0.0995. The summed E-state index contributed by atoms with van der Waals surface area (Å²) in [4.78, 5) is 3.16. The van der Waals surface area contributed by atoms with Crippen molar-refractivity contribution in [2.24, 2.45) is 0 Å². The molecule has 0 amide bonds. The number of hydrogen-bond donors (Lipinski definition) is 0. The van der Waals surface area contributed by atoms with Crippen LogP contribution < -0.4 is 9.80 Å². The Bertz CT molecular complexity index is 3780. The number of rotatable bonds is 10. The van der Waals surface area contributed by atoms with E-state index in [0.29, 0.717) is 88.8 Å². The van der Waals surface area contributed by atoms with Gasteiger partial charge in [0, 0.05) is 34.3 Å². The standard InChI is InChI=1S/C64H36F8N2/c65-47-9-1-5-39(27-47)43-25-44(40-6-2-10-48(66)28-40)32-53(31-43)73(61-35-51(69)17-21-57(61)71)59-23-15-37-14-20-56-60(24-16-38-13-19-55(59)63(37)64(38)56)74(62-36-52(70)18-22-58(62)72)54-33-45(41-7-3-11-49(67)29-41)26-46(34-54)42-8-4-12-50(68)30-42/h1-36H. The van der Waals surface area contributed by atoms with E-state index in [0.717, 1.165) is 47.2 Å². The number of hydrogen-bond acceptors (Lipinski definition) is 2. The van der Waals surface area contributed by atoms with Crippen molar-refractivity contribution in [1.82, 2.24) is 0 Å². The molecule has 0 aliphatic carbocycles. The first-order chi connectivity index (χ1) is 35.9. The molecule has 10 heteroatoms. The van der Waals surface area contributed by atoms with Crippen molar-refractivity contribution in [2.75, 3.05) is 9.80 Å². The lowest BCUT2D eigenvalue weighted by Gasteiger charge is -2.30. The van der Waals surface area contributed by atoms with Crippen LogP contribution in [0.4, 0.5) is 69.2 Å². The topological polar surface area (TPSA) is 6.48 Å². The van der Waals surface area contributed by atoms with E-state index in [9.17, 15) is 17.6 Å². The van der Waals surface area contributed by atoms with Crippen LogP contribution in [-0.4, -0.2) is 0 Å². The van der Waals surface area contributed by atoms with Gasteiger partial charge in [-0.3, -0.25) is 0 Å². The molecule has 0 N–H and O–H groups in total. The second kappa shape index (κ2) is 18.4. The molecule has 12 rings (SSSR count). The predicted octanol–water partition coefficient (Wildman–Crippen LogP) is 19.3. The highest BCUT2D eigenvalue weighted by Crippen LogP contribution is 2.50. The van der Waals surface area contributed by atoms with Crippen molar-refractivity contribution >= 4 is 66.4 Å². The van der Waals surface area contributed by atoms with E-state index in [1.165, 1.54) is 48.5 Å². The van der Waals surface area contributed by atoms with Gasteiger partial charge in [-0.1, -0.05) is 84.9 Å². The van der Waals surface area contributed by atoms with Gasteiger partial charge in [0.05, 0.1) is 22.7 Å². The van der Waals surface area contributed by atoms with Crippen LogP contribution in [0.2, 0.25) is 0 Å². The summed E-state index contributed by atoms with van der Waals surface area (Å²) < 4.78 is 124. The fraction of sp³-hybridized carbons (Fsp3) is 0. The van der Waals surface area contributed by atoms with E-state index in [2.05, 4.69) is 0 Å². The van der Waals surface area contributed by atoms with Gasteiger partial charge in [0.25, 0.3) is 0 Å². The Kier molecular flexibility index (Phi) is 11.4. The zero-order chi connectivity index (χ0) is 50.8. The average molecular weight is 985 g/mol. The van der Waals surface area contributed by atoms with Gasteiger partial charge in [-0.05, 0) is 187 Å². The molecule has 2 nitrogen and oxygen atoms in total. The molecule has 0 aliphatic heterocycles. The van der Waals surface area contributed by atoms with Gasteiger partial charge in [0.2, 0.25) is 0 Å². The van der Waals surface area contributed by atoms with Crippen LogP contribution in [-0.2, 0) is 0 Å². The van der Waals surface area contributed by atoms with Crippen molar-refractivity contribution < 1.29 is 35.1 Å². The molecule has 0 atom stereocenters. The highest BCUT2D eigenvalue weighted by Gasteiger charge is 2.26. The molecule has 12 aromatic rings. The molecule has 0 unspecified atom stereocenters. The molecule has 74 heavy (non-hydrogen) atoms. The first kappa shape index (κ1) is 45.8. The highest BCUT2D eigenvalue weighted by atomic mass is 19.2. The minimum atomic E-state index is -0.756. The van der Waals surface area contributed by atoms with Crippen molar-refractivity contribution in [2.45, 2.75) is 0 Å². The molecular weight excluding hydrogens is 949 g/mol. The van der Waals surface area contributed by atoms with Gasteiger partial charge in [-0.2, -0.15) is 0 Å². The summed E-state index contributed by atoms with van der Waals surface area (Å²) in [5, 5.41) is 4.10. The minimum Gasteiger partial charge on any atom is -0.307 e. The van der Waals surface area contributed by atoms with Gasteiger partial charge >= 0.3 is 0 Å². The number of anilines is 6. The summed E-state index contributed by atoms with van der Waals surface area (Å²) in [6.07, 6.45) is 0. The summed E-state index contributed by atoms with van der Waals surface area (Å²) in [6.45, 7) is 0. The van der Waals surface area contributed by atoms with E-state index in [1.807, 2.05) is 36.4 Å². The van der Waals surface area contributed by atoms with Gasteiger partial charge in [-0.25, -0.2) is 35.1 Å². The maximum absolute atomic E-state index is 16.6. The van der Waals surface area contributed by atoms with Gasteiger partial charge in [0.1, 0.15) is 46.5 Å². The van der Waals surface area contributed by atoms with Crippen LogP contribution in [0.1, 0.15) is 0 Å². The fourth-order valence-electron chi connectivity index (χ4n) is 10.1. The van der Waals surface area contributed by atoms with Crippen molar-refractivity contribution in [3.63, 3.8) is 0 Å². The molecule has 0 bridgehead atoms. The van der Waals surface area contributed by atoms with Crippen LogP contribution in [0.5, 0.6) is 0 Å². The second-order valence-electron chi connectivity index (χ2n) is 18.0. The first-order valence-corrected chi connectivity index (χ1v) is 23.5. The fourth-order valence-corrected chi connectivity index (χ4v) is 10.1. The predicted molar refractivity (Wildman–Crippen MR) is 281 cm³/mol. The monoisotopic (exact) mass is 984 g/mol. The third-order valence-corrected chi connectivity index (χ3v) is 13.4. The molecule has 0 fully saturated rings. The van der Waals surface area contributed by atoms with Crippen molar-refractivity contribution in [3.8, 4) is 44.5 Å². The summed E-state index contributed by atoms with van der Waals surface area (Å²) in [7, 11) is 0. The van der Waals surface area contributed by atoms with E-state index in [1.54, 1.807) is 107 Å². The molecule has 0 radical (unpaired) electrons. The molecular formula is C64H36F8N2. The SMILES string of the molecule is Fc1cccc(-c2cc(-c3cccc(F)c3)cc(N(c3cc(F)ccc3F)c3ccc4ccc5c(N(c6cc(-c7cccc(F)c7)cc(-c7cccc(F)c7)c6)c6cc(F)ccc6F)ccc6ccc3c4c65)c2)c1. The number of halogens is 8.